The van der Waals surface area contributed by atoms with E-state index in [1.807, 2.05) is 36.4 Å². The van der Waals surface area contributed by atoms with Crippen LogP contribution in [0.15, 0.2) is 79.1 Å². The molecule has 0 aliphatic carbocycles. The Labute approximate surface area is 185 Å². The summed E-state index contributed by atoms with van der Waals surface area (Å²) in [6.07, 6.45) is 1.74. The van der Waals surface area contributed by atoms with Crippen LogP contribution in [0.3, 0.4) is 0 Å². The molecule has 0 saturated carbocycles. The Morgan fingerprint density at radius 1 is 0.727 bits per heavy atom. The largest absolute Gasteiger partial charge is 0.497 e. The Balaban J connectivity index is 0.000000186. The second-order valence-corrected chi connectivity index (χ2v) is 6.46. The van der Waals surface area contributed by atoms with Crippen LogP contribution < -0.4 is 0 Å². The van der Waals surface area contributed by atoms with E-state index in [0.29, 0.717) is 12.1 Å². The summed E-state index contributed by atoms with van der Waals surface area (Å²) in [4.78, 5) is 35.4. The smallest absolute Gasteiger partial charge is 0.324 e. The number of nitrogens with one attached hydrogen (secondary N) is 1. The van der Waals surface area contributed by atoms with E-state index in [2.05, 4.69) is 34.2 Å². The number of nitro benzene ring substituents is 3. The van der Waals surface area contributed by atoms with Crippen LogP contribution in [0.4, 0.5) is 17.1 Å². The molecule has 4 aromatic rings. The summed E-state index contributed by atoms with van der Waals surface area (Å²) in [6.45, 7) is 0. The van der Waals surface area contributed by atoms with Gasteiger partial charge in [-0.25, -0.2) is 4.98 Å². The summed E-state index contributed by atoms with van der Waals surface area (Å²) >= 11 is 0. The lowest BCUT2D eigenvalue weighted by Gasteiger charge is -2.02. The van der Waals surface area contributed by atoms with E-state index in [0.717, 1.165) is 22.5 Å². The lowest BCUT2D eigenvalue weighted by molar-refractivity contribution is -0.404. The van der Waals surface area contributed by atoms with E-state index in [1.54, 1.807) is 6.33 Å². The second kappa shape index (κ2) is 9.78. The topological polar surface area (TPSA) is 178 Å². The van der Waals surface area contributed by atoms with Crippen LogP contribution in [0.1, 0.15) is 0 Å². The first-order valence-electron chi connectivity index (χ1n) is 9.24. The number of imidazole rings is 1. The summed E-state index contributed by atoms with van der Waals surface area (Å²) in [6, 6.07) is 21.4. The van der Waals surface area contributed by atoms with Gasteiger partial charge in [-0.15, -0.1) is 0 Å². The van der Waals surface area contributed by atoms with E-state index in [-0.39, 0.29) is 0 Å². The highest BCUT2D eigenvalue weighted by Crippen LogP contribution is 2.39. The zero-order chi connectivity index (χ0) is 24.0. The molecule has 0 unspecified atom stereocenters. The molecule has 0 aliphatic rings. The molecule has 0 spiro atoms. The molecule has 0 fully saturated rings. The Morgan fingerprint density at radius 2 is 1.21 bits per heavy atom. The molecular formula is C21H15N5O7. The minimum Gasteiger partial charge on any atom is -0.497 e. The van der Waals surface area contributed by atoms with E-state index >= 15 is 0 Å². The lowest BCUT2D eigenvalue weighted by Crippen LogP contribution is -1.97. The molecule has 0 bridgehead atoms. The van der Waals surface area contributed by atoms with Crippen LogP contribution in [-0.2, 0) is 0 Å². The molecule has 0 atom stereocenters. The van der Waals surface area contributed by atoms with Gasteiger partial charge in [0.15, 0.2) is 0 Å². The van der Waals surface area contributed by atoms with Crippen LogP contribution in [-0.4, -0.2) is 29.8 Å². The van der Waals surface area contributed by atoms with Gasteiger partial charge in [0.1, 0.15) is 0 Å². The number of nitro groups is 3. The van der Waals surface area contributed by atoms with Gasteiger partial charge >= 0.3 is 11.4 Å². The summed E-state index contributed by atoms with van der Waals surface area (Å²) in [5.74, 6) is -1.21. The average molecular weight is 449 g/mol. The first-order valence-corrected chi connectivity index (χ1v) is 9.24. The lowest BCUT2D eigenvalue weighted by atomic mass is 10.1. The van der Waals surface area contributed by atoms with Gasteiger partial charge in [-0.05, 0) is 0 Å². The maximum absolute atomic E-state index is 10.4. The van der Waals surface area contributed by atoms with Crippen molar-refractivity contribution in [3.05, 3.63) is 109 Å². The number of benzene rings is 3. The SMILES string of the molecule is O=[N+]([O-])c1cc([N+](=O)[O-])c(O)c([N+](=O)[O-])c1.c1ccc(-c2nc[nH]c2-c2ccccc2)cc1. The first kappa shape index (κ1) is 22.6. The standard InChI is InChI=1S/C15H12N2.C6H3N3O7/c1-3-7-12(8-4-1)14-15(17-11-16-14)13-9-5-2-6-10-13;10-6-4(8(13)14)1-3(7(11)12)2-5(6)9(15)16/h1-11H,(H,16,17);1-2,10H. The maximum atomic E-state index is 10.4. The van der Waals surface area contributed by atoms with Crippen LogP contribution in [0, 0.1) is 30.3 Å². The second-order valence-electron chi connectivity index (χ2n) is 6.46. The predicted molar refractivity (Wildman–Crippen MR) is 118 cm³/mol. The molecular weight excluding hydrogens is 434 g/mol. The third-order valence-corrected chi connectivity index (χ3v) is 4.41. The van der Waals surface area contributed by atoms with Gasteiger partial charge in [-0.2, -0.15) is 0 Å². The third kappa shape index (κ3) is 5.14. The fourth-order valence-electron chi connectivity index (χ4n) is 2.91. The quantitative estimate of drug-likeness (QED) is 0.320. The van der Waals surface area contributed by atoms with Gasteiger partial charge in [-0.3, -0.25) is 30.3 Å². The molecule has 12 nitrogen and oxygen atoms in total. The van der Waals surface area contributed by atoms with E-state index < -0.39 is 37.6 Å². The molecule has 0 amide bonds. The van der Waals surface area contributed by atoms with Crippen LogP contribution in [0.2, 0.25) is 0 Å². The summed E-state index contributed by atoms with van der Waals surface area (Å²) in [5.41, 5.74) is 1.35. The number of nitrogens with zero attached hydrogens (tertiary/aromatic N) is 4. The van der Waals surface area contributed by atoms with Gasteiger partial charge < -0.3 is 10.1 Å². The zero-order valence-electron chi connectivity index (χ0n) is 16.7. The normalized spacial score (nSPS) is 10.1. The van der Waals surface area contributed by atoms with Gasteiger partial charge in [0.05, 0.1) is 44.6 Å². The molecule has 12 heteroatoms. The molecule has 1 heterocycles. The minimum atomic E-state index is -1.21. The van der Waals surface area contributed by atoms with Crippen molar-refractivity contribution in [3.63, 3.8) is 0 Å². The van der Waals surface area contributed by atoms with Crippen molar-refractivity contribution >= 4 is 17.1 Å². The van der Waals surface area contributed by atoms with Crippen LogP contribution >= 0.6 is 0 Å². The van der Waals surface area contributed by atoms with Gasteiger partial charge in [0.25, 0.3) is 11.4 Å². The molecule has 0 aliphatic heterocycles. The molecule has 0 radical (unpaired) electrons. The van der Waals surface area contributed by atoms with E-state index in [1.165, 1.54) is 0 Å². The number of hydrogen-bond donors (Lipinski definition) is 2. The number of non-ortho nitro benzene ring substituents is 1. The summed E-state index contributed by atoms with van der Waals surface area (Å²) in [5, 5.41) is 40.2. The number of phenolic OH excluding ortho intramolecular Hbond substituents is 1. The molecule has 166 valence electrons. The number of H-pyrrole nitrogens is 1. The molecule has 0 saturated heterocycles. The zero-order valence-corrected chi connectivity index (χ0v) is 16.7. The number of hydrogen-bond acceptors (Lipinski definition) is 8. The molecule has 2 N–H and O–H groups in total. The molecule has 33 heavy (non-hydrogen) atoms. The average Bonchev–Trinajstić information content (AvgIpc) is 3.30. The summed E-state index contributed by atoms with van der Waals surface area (Å²) in [7, 11) is 0. The Kier molecular flexibility index (Phi) is 6.69. The minimum absolute atomic E-state index is 0.447. The van der Waals surface area contributed by atoms with Crippen LogP contribution in [0.5, 0.6) is 5.75 Å². The van der Waals surface area contributed by atoms with Crippen molar-refractivity contribution in [2.75, 3.05) is 0 Å². The highest BCUT2D eigenvalue weighted by molar-refractivity contribution is 5.77. The first-order chi connectivity index (χ1) is 15.8. The fourth-order valence-corrected chi connectivity index (χ4v) is 2.91. The van der Waals surface area contributed by atoms with Gasteiger partial charge in [0.2, 0.25) is 0 Å². The summed E-state index contributed by atoms with van der Waals surface area (Å²) < 4.78 is 0. The molecule has 4 rings (SSSR count). The van der Waals surface area contributed by atoms with Gasteiger partial charge in [0, 0.05) is 11.1 Å². The van der Waals surface area contributed by atoms with E-state index in [9.17, 15) is 30.3 Å². The van der Waals surface area contributed by atoms with Crippen molar-refractivity contribution in [2.24, 2.45) is 0 Å². The Morgan fingerprint density at radius 3 is 1.67 bits per heavy atom. The monoisotopic (exact) mass is 449 g/mol. The fraction of sp³-hybridized carbons (Fsp3) is 0. The molecule has 3 aromatic carbocycles. The number of aromatic amines is 1. The van der Waals surface area contributed by atoms with Crippen molar-refractivity contribution in [3.8, 4) is 28.3 Å². The highest BCUT2D eigenvalue weighted by Gasteiger charge is 2.30. The van der Waals surface area contributed by atoms with Crippen molar-refractivity contribution in [2.45, 2.75) is 0 Å². The van der Waals surface area contributed by atoms with Crippen molar-refractivity contribution in [1.82, 2.24) is 9.97 Å². The van der Waals surface area contributed by atoms with Crippen molar-refractivity contribution in [1.29, 1.82) is 0 Å². The highest BCUT2D eigenvalue weighted by atomic mass is 16.6. The third-order valence-electron chi connectivity index (χ3n) is 4.41. The Bertz CT molecular complexity index is 1220. The van der Waals surface area contributed by atoms with Crippen LogP contribution in [0.25, 0.3) is 22.5 Å². The van der Waals surface area contributed by atoms with Crippen molar-refractivity contribution < 1.29 is 19.9 Å². The number of aromatic hydroxyl groups is 1. The molecule has 1 aromatic heterocycles. The predicted octanol–water partition coefficient (Wildman–Crippen LogP) is 4.86. The van der Waals surface area contributed by atoms with E-state index in [4.69, 9.17) is 5.11 Å². The van der Waals surface area contributed by atoms with Gasteiger partial charge in [-0.1, -0.05) is 60.7 Å². The number of rotatable bonds is 5. The number of phenols is 1. The Hall–Kier alpha value is -5.13. The number of aromatic nitrogens is 2. The maximum Gasteiger partial charge on any atom is 0.324 e.